The Morgan fingerprint density at radius 2 is 2.06 bits per heavy atom. The minimum absolute atomic E-state index is 0.142. The van der Waals surface area contributed by atoms with Gasteiger partial charge in [0, 0.05) is 0 Å². The van der Waals surface area contributed by atoms with Crippen molar-refractivity contribution in [3.63, 3.8) is 0 Å². The van der Waals surface area contributed by atoms with Gasteiger partial charge in [-0.05, 0) is 40.0 Å². The van der Waals surface area contributed by atoms with Crippen LogP contribution in [0.5, 0.6) is 5.75 Å². The molecule has 0 aliphatic rings. The second kappa shape index (κ2) is 5.65. The van der Waals surface area contributed by atoms with Gasteiger partial charge in [-0.3, -0.25) is 4.18 Å². The average molecular weight is 309 g/mol. The molecule has 0 atom stereocenters. The molecule has 1 aromatic rings. The summed E-state index contributed by atoms with van der Waals surface area (Å²) in [6, 6.07) is 5.59. The third-order valence-electron chi connectivity index (χ3n) is 1.90. The van der Waals surface area contributed by atoms with Gasteiger partial charge in [0.15, 0.2) is 0 Å². The molecule has 1 rings (SSSR count). The molecule has 0 radical (unpaired) electrons. The highest BCUT2D eigenvalue weighted by Crippen LogP contribution is 2.25. The zero-order valence-electron chi connectivity index (χ0n) is 9.07. The van der Waals surface area contributed by atoms with E-state index in [2.05, 4.69) is 20.1 Å². The second-order valence-corrected chi connectivity index (χ2v) is 5.74. The predicted octanol–water partition coefficient (Wildman–Crippen LogP) is 1.98. The van der Waals surface area contributed by atoms with Crippen LogP contribution in [0, 0.1) is 0 Å². The molecule has 0 fully saturated rings. The number of hydrogen-bond donors (Lipinski definition) is 0. The Morgan fingerprint density at radius 1 is 1.38 bits per heavy atom. The molecular formula is C10H13BrO4S. The minimum atomic E-state index is -3.36. The molecule has 0 N–H and O–H groups in total. The number of ether oxygens (including phenoxy) is 1. The fraction of sp³-hybridized carbons (Fsp3) is 0.400. The van der Waals surface area contributed by atoms with Crippen molar-refractivity contribution in [2.24, 2.45) is 0 Å². The van der Waals surface area contributed by atoms with Crippen molar-refractivity contribution < 1.29 is 17.3 Å². The zero-order valence-corrected chi connectivity index (χ0v) is 11.5. The lowest BCUT2D eigenvalue weighted by molar-refractivity contribution is 0.325. The van der Waals surface area contributed by atoms with Crippen LogP contribution in [0.3, 0.4) is 0 Å². The highest BCUT2D eigenvalue weighted by atomic mass is 79.9. The first kappa shape index (κ1) is 13.5. The van der Waals surface area contributed by atoms with E-state index in [-0.39, 0.29) is 6.61 Å². The Morgan fingerprint density at radius 3 is 2.62 bits per heavy atom. The van der Waals surface area contributed by atoms with Crippen LogP contribution in [0.25, 0.3) is 0 Å². The molecule has 0 aliphatic carbocycles. The molecule has 16 heavy (non-hydrogen) atoms. The van der Waals surface area contributed by atoms with E-state index in [0.29, 0.717) is 6.42 Å². The molecule has 0 amide bonds. The van der Waals surface area contributed by atoms with Crippen molar-refractivity contribution >= 4 is 26.0 Å². The van der Waals surface area contributed by atoms with E-state index in [4.69, 9.17) is 4.74 Å². The standard InChI is InChI=1S/C10H13BrO4S/c1-14-10-7-8(3-4-9(10)11)5-6-15-16(2,12)13/h3-4,7H,5-6H2,1-2H3. The summed E-state index contributed by atoms with van der Waals surface area (Å²) in [6.45, 7) is 0.142. The lowest BCUT2D eigenvalue weighted by Crippen LogP contribution is -2.06. The molecule has 0 saturated heterocycles. The van der Waals surface area contributed by atoms with E-state index in [1.54, 1.807) is 7.11 Å². The number of benzene rings is 1. The summed E-state index contributed by atoms with van der Waals surface area (Å²) < 4.78 is 32.1. The van der Waals surface area contributed by atoms with Crippen molar-refractivity contribution in [3.05, 3.63) is 28.2 Å². The summed E-state index contributed by atoms with van der Waals surface area (Å²) in [5.74, 6) is 0.719. The predicted molar refractivity (Wildman–Crippen MR) is 65.2 cm³/mol. The molecule has 4 nitrogen and oxygen atoms in total. The molecule has 90 valence electrons. The second-order valence-electron chi connectivity index (χ2n) is 3.24. The topological polar surface area (TPSA) is 52.6 Å². The first-order valence-electron chi connectivity index (χ1n) is 4.59. The molecule has 0 heterocycles. The summed E-state index contributed by atoms with van der Waals surface area (Å²) in [4.78, 5) is 0. The van der Waals surface area contributed by atoms with E-state index in [9.17, 15) is 8.42 Å². The molecule has 0 bridgehead atoms. The van der Waals surface area contributed by atoms with Crippen LogP contribution in [-0.4, -0.2) is 28.4 Å². The first-order chi connectivity index (χ1) is 7.42. The Balaban J connectivity index is 2.61. The largest absolute Gasteiger partial charge is 0.496 e. The molecular weight excluding hydrogens is 296 g/mol. The molecule has 0 saturated carbocycles. The molecule has 6 heteroatoms. The molecule has 0 unspecified atom stereocenters. The monoisotopic (exact) mass is 308 g/mol. The van der Waals surface area contributed by atoms with Gasteiger partial charge in [-0.25, -0.2) is 0 Å². The SMILES string of the molecule is COc1cc(CCOS(C)(=O)=O)ccc1Br. The summed E-state index contributed by atoms with van der Waals surface area (Å²) in [7, 11) is -1.78. The van der Waals surface area contributed by atoms with Crippen LogP contribution in [0.2, 0.25) is 0 Å². The Hall–Kier alpha value is -0.590. The van der Waals surface area contributed by atoms with Crippen LogP contribution in [0.15, 0.2) is 22.7 Å². The number of rotatable bonds is 5. The van der Waals surface area contributed by atoms with Gasteiger partial charge in [0.25, 0.3) is 10.1 Å². The Kier molecular flexibility index (Phi) is 4.76. The molecule has 0 aliphatic heterocycles. The normalized spacial score (nSPS) is 11.4. The van der Waals surface area contributed by atoms with Gasteiger partial charge in [-0.2, -0.15) is 8.42 Å². The van der Waals surface area contributed by atoms with Crippen molar-refractivity contribution in [1.82, 2.24) is 0 Å². The number of halogens is 1. The number of hydrogen-bond acceptors (Lipinski definition) is 4. The van der Waals surface area contributed by atoms with Crippen LogP contribution in [0.4, 0.5) is 0 Å². The Labute approximate surface area is 104 Å². The van der Waals surface area contributed by atoms with Crippen LogP contribution < -0.4 is 4.74 Å². The van der Waals surface area contributed by atoms with Crippen LogP contribution >= 0.6 is 15.9 Å². The van der Waals surface area contributed by atoms with Gasteiger partial charge >= 0.3 is 0 Å². The first-order valence-corrected chi connectivity index (χ1v) is 7.20. The van der Waals surface area contributed by atoms with Gasteiger partial charge in [0.05, 0.1) is 24.4 Å². The summed E-state index contributed by atoms with van der Waals surface area (Å²) in [5.41, 5.74) is 0.962. The maximum atomic E-state index is 10.7. The van der Waals surface area contributed by atoms with Gasteiger partial charge in [-0.15, -0.1) is 0 Å². The maximum Gasteiger partial charge on any atom is 0.264 e. The summed E-state index contributed by atoms with van der Waals surface area (Å²) in [5, 5.41) is 0. The smallest absolute Gasteiger partial charge is 0.264 e. The lowest BCUT2D eigenvalue weighted by Gasteiger charge is -2.06. The highest BCUT2D eigenvalue weighted by molar-refractivity contribution is 9.10. The summed E-state index contributed by atoms with van der Waals surface area (Å²) in [6.07, 6.45) is 1.56. The quantitative estimate of drug-likeness (QED) is 0.781. The van der Waals surface area contributed by atoms with Crippen LogP contribution in [0.1, 0.15) is 5.56 Å². The van der Waals surface area contributed by atoms with E-state index < -0.39 is 10.1 Å². The van der Waals surface area contributed by atoms with Gasteiger partial charge in [-0.1, -0.05) is 6.07 Å². The number of methoxy groups -OCH3 is 1. The van der Waals surface area contributed by atoms with E-state index in [1.807, 2.05) is 18.2 Å². The molecule has 1 aromatic carbocycles. The third kappa shape index (κ3) is 4.51. The van der Waals surface area contributed by atoms with E-state index in [1.165, 1.54) is 0 Å². The van der Waals surface area contributed by atoms with Crippen molar-refractivity contribution in [2.45, 2.75) is 6.42 Å². The summed E-state index contributed by atoms with van der Waals surface area (Å²) >= 11 is 3.34. The third-order valence-corrected chi connectivity index (χ3v) is 3.15. The van der Waals surface area contributed by atoms with Crippen LogP contribution in [-0.2, 0) is 20.7 Å². The van der Waals surface area contributed by atoms with Crippen molar-refractivity contribution in [2.75, 3.05) is 20.0 Å². The van der Waals surface area contributed by atoms with Gasteiger partial charge in [0.1, 0.15) is 5.75 Å². The molecule has 0 aromatic heterocycles. The molecule has 0 spiro atoms. The van der Waals surface area contributed by atoms with Gasteiger partial charge < -0.3 is 4.74 Å². The van der Waals surface area contributed by atoms with E-state index >= 15 is 0 Å². The Bertz CT molecular complexity index is 456. The van der Waals surface area contributed by atoms with Crippen molar-refractivity contribution in [1.29, 1.82) is 0 Å². The zero-order chi connectivity index (χ0) is 12.2. The minimum Gasteiger partial charge on any atom is -0.496 e. The lowest BCUT2D eigenvalue weighted by atomic mass is 10.1. The average Bonchev–Trinajstić information content (AvgIpc) is 2.18. The fourth-order valence-corrected chi connectivity index (χ4v) is 1.97. The maximum absolute atomic E-state index is 10.7. The van der Waals surface area contributed by atoms with Gasteiger partial charge in [0.2, 0.25) is 0 Å². The van der Waals surface area contributed by atoms with E-state index in [0.717, 1.165) is 22.0 Å². The van der Waals surface area contributed by atoms with Crippen molar-refractivity contribution in [3.8, 4) is 5.75 Å². The highest BCUT2D eigenvalue weighted by Gasteiger charge is 2.04. The fourth-order valence-electron chi connectivity index (χ4n) is 1.17.